The summed E-state index contributed by atoms with van der Waals surface area (Å²) in [5.41, 5.74) is 0.866. The third kappa shape index (κ3) is 5.32. The van der Waals surface area contributed by atoms with Gasteiger partial charge in [0.15, 0.2) is 11.5 Å². The van der Waals surface area contributed by atoms with E-state index in [1.807, 2.05) is 6.92 Å². The Balaban J connectivity index is 2.39. The van der Waals surface area contributed by atoms with Crippen molar-refractivity contribution < 1.29 is 33.6 Å². The predicted molar refractivity (Wildman–Crippen MR) is 112 cm³/mol. The number of carbonyl (C=O) groups excluding carboxylic acids is 2. The number of aliphatic hydroxyl groups excluding tert-OH is 1. The van der Waals surface area contributed by atoms with Crippen LogP contribution < -0.4 is 29.6 Å². The van der Waals surface area contributed by atoms with Crippen LogP contribution >= 0.6 is 0 Å². The van der Waals surface area contributed by atoms with E-state index in [4.69, 9.17) is 18.9 Å². The maximum absolute atomic E-state index is 12.9. The Hall–Kier alpha value is -3.46. The van der Waals surface area contributed by atoms with E-state index in [-0.39, 0.29) is 11.3 Å². The number of ether oxygens (including phenoxy) is 4. The molecule has 0 bridgehead atoms. The second kappa shape index (κ2) is 10.4. The first-order valence-corrected chi connectivity index (χ1v) is 9.21. The van der Waals surface area contributed by atoms with E-state index < -0.39 is 17.9 Å². The molecule has 0 unspecified atom stereocenters. The fraction of sp³-hybridized carbons (Fsp3) is 0.333. The number of amides is 2. The summed E-state index contributed by atoms with van der Waals surface area (Å²) in [5, 5.41) is 14.8. The first kappa shape index (κ1) is 22.8. The first-order valence-electron chi connectivity index (χ1n) is 9.21. The van der Waals surface area contributed by atoms with Crippen LogP contribution in [0.1, 0.15) is 24.2 Å². The molecule has 0 heterocycles. The van der Waals surface area contributed by atoms with Gasteiger partial charge < -0.3 is 34.7 Å². The monoisotopic (exact) mass is 418 g/mol. The van der Waals surface area contributed by atoms with Crippen molar-refractivity contribution in [2.45, 2.75) is 20.0 Å². The minimum atomic E-state index is -1.22. The van der Waals surface area contributed by atoms with Gasteiger partial charge in [-0.15, -0.1) is 0 Å². The molecular formula is C21H26N2O7. The molecule has 0 fully saturated rings. The van der Waals surface area contributed by atoms with Crippen molar-refractivity contribution in [1.82, 2.24) is 0 Å². The topological polar surface area (TPSA) is 115 Å². The maximum atomic E-state index is 12.9. The quantitative estimate of drug-likeness (QED) is 0.573. The van der Waals surface area contributed by atoms with Gasteiger partial charge in [-0.05, 0) is 38.1 Å². The zero-order chi connectivity index (χ0) is 22.3. The Morgan fingerprint density at radius 1 is 0.967 bits per heavy atom. The van der Waals surface area contributed by atoms with Gasteiger partial charge in [-0.2, -0.15) is 0 Å². The summed E-state index contributed by atoms with van der Waals surface area (Å²) in [6.45, 7) is 3.60. The Labute approximate surface area is 174 Å². The number of aliphatic hydroxyl groups is 1. The van der Waals surface area contributed by atoms with Crippen molar-refractivity contribution in [2.75, 3.05) is 38.6 Å². The molecule has 9 heteroatoms. The number of hydrogen-bond donors (Lipinski definition) is 3. The van der Waals surface area contributed by atoms with Gasteiger partial charge in [0, 0.05) is 11.6 Å². The van der Waals surface area contributed by atoms with E-state index >= 15 is 0 Å². The lowest BCUT2D eigenvalue weighted by Gasteiger charge is -2.16. The summed E-state index contributed by atoms with van der Waals surface area (Å²) in [4.78, 5) is 24.8. The van der Waals surface area contributed by atoms with Crippen molar-refractivity contribution in [3.05, 3.63) is 35.9 Å². The number of benzene rings is 2. The molecular weight excluding hydrogens is 392 g/mol. The molecule has 0 saturated carbocycles. The van der Waals surface area contributed by atoms with Crippen LogP contribution in [0, 0.1) is 0 Å². The van der Waals surface area contributed by atoms with E-state index in [0.717, 1.165) is 0 Å². The maximum Gasteiger partial charge on any atom is 0.255 e. The van der Waals surface area contributed by atoms with Crippen LogP contribution in [0.3, 0.4) is 0 Å². The highest BCUT2D eigenvalue weighted by Crippen LogP contribution is 2.38. The second-order valence-corrected chi connectivity index (χ2v) is 6.17. The summed E-state index contributed by atoms with van der Waals surface area (Å²) in [5.74, 6) is 0.442. The van der Waals surface area contributed by atoms with Crippen LogP contribution in [0.25, 0.3) is 0 Å². The molecule has 30 heavy (non-hydrogen) atoms. The zero-order valence-corrected chi connectivity index (χ0v) is 17.6. The van der Waals surface area contributed by atoms with Gasteiger partial charge in [0.2, 0.25) is 5.75 Å². The van der Waals surface area contributed by atoms with Crippen LogP contribution in [-0.4, -0.2) is 51.0 Å². The first-order chi connectivity index (χ1) is 14.3. The molecule has 2 amide bonds. The number of methoxy groups -OCH3 is 3. The number of rotatable bonds is 9. The summed E-state index contributed by atoms with van der Waals surface area (Å²) < 4.78 is 21.3. The third-order valence-electron chi connectivity index (χ3n) is 4.11. The van der Waals surface area contributed by atoms with Gasteiger partial charge in [0.25, 0.3) is 11.8 Å². The fourth-order valence-corrected chi connectivity index (χ4v) is 2.64. The van der Waals surface area contributed by atoms with Gasteiger partial charge in [-0.1, -0.05) is 0 Å². The molecule has 0 saturated heterocycles. The lowest BCUT2D eigenvalue weighted by atomic mass is 10.1. The highest BCUT2D eigenvalue weighted by atomic mass is 16.5. The molecule has 0 aliphatic carbocycles. The summed E-state index contributed by atoms with van der Waals surface area (Å²) in [7, 11) is 4.38. The highest BCUT2D eigenvalue weighted by molar-refractivity contribution is 6.08. The largest absolute Gasteiger partial charge is 0.494 e. The Morgan fingerprint density at radius 3 is 2.10 bits per heavy atom. The summed E-state index contributed by atoms with van der Waals surface area (Å²) >= 11 is 0. The van der Waals surface area contributed by atoms with E-state index in [9.17, 15) is 14.7 Å². The molecule has 2 aromatic rings. The highest BCUT2D eigenvalue weighted by Gasteiger charge is 2.19. The molecule has 162 valence electrons. The fourth-order valence-electron chi connectivity index (χ4n) is 2.64. The van der Waals surface area contributed by atoms with E-state index in [1.54, 1.807) is 18.2 Å². The third-order valence-corrected chi connectivity index (χ3v) is 4.11. The van der Waals surface area contributed by atoms with Crippen LogP contribution in [0.15, 0.2) is 30.3 Å². The van der Waals surface area contributed by atoms with Gasteiger partial charge in [-0.25, -0.2) is 0 Å². The Kier molecular flexibility index (Phi) is 7.88. The van der Waals surface area contributed by atoms with Gasteiger partial charge in [0.05, 0.1) is 39.3 Å². The van der Waals surface area contributed by atoms with E-state index in [1.165, 1.54) is 40.4 Å². The molecule has 0 aliphatic heterocycles. The van der Waals surface area contributed by atoms with E-state index in [0.29, 0.717) is 35.3 Å². The molecule has 9 nitrogen and oxygen atoms in total. The number of nitrogens with one attached hydrogen (secondary N) is 2. The van der Waals surface area contributed by atoms with Crippen LogP contribution in [0.4, 0.5) is 11.4 Å². The standard InChI is InChI=1S/C21H26N2O7/c1-6-30-14-7-8-15(16(11-14)23-20(25)12(2)24)22-21(26)13-9-17(27-3)19(29-5)18(10-13)28-4/h7-12,24H,6H2,1-5H3,(H,22,26)(H,23,25)/t12-/m1/s1. The molecule has 0 aromatic heterocycles. The van der Waals surface area contributed by atoms with E-state index in [2.05, 4.69) is 10.6 Å². The van der Waals surface area contributed by atoms with Gasteiger partial charge >= 0.3 is 0 Å². The number of anilines is 2. The van der Waals surface area contributed by atoms with Crippen molar-refractivity contribution in [3.8, 4) is 23.0 Å². The molecule has 0 spiro atoms. The predicted octanol–water partition coefficient (Wildman–Crippen LogP) is 2.68. The SMILES string of the molecule is CCOc1ccc(NC(=O)c2cc(OC)c(OC)c(OC)c2)c(NC(=O)[C@@H](C)O)c1. The van der Waals surface area contributed by atoms with Crippen LogP contribution in [-0.2, 0) is 4.79 Å². The minimum Gasteiger partial charge on any atom is -0.494 e. The van der Waals surface area contributed by atoms with Crippen molar-refractivity contribution in [3.63, 3.8) is 0 Å². The number of carbonyl (C=O) groups is 2. The Bertz CT molecular complexity index is 887. The van der Waals surface area contributed by atoms with Gasteiger partial charge in [-0.3, -0.25) is 9.59 Å². The summed E-state index contributed by atoms with van der Waals surface area (Å²) in [6.07, 6.45) is -1.22. The average Bonchev–Trinajstić information content (AvgIpc) is 2.74. The molecule has 1 atom stereocenters. The molecule has 0 aliphatic rings. The normalized spacial score (nSPS) is 11.3. The lowest BCUT2D eigenvalue weighted by molar-refractivity contribution is -0.123. The molecule has 2 rings (SSSR count). The molecule has 0 radical (unpaired) electrons. The molecule has 2 aromatic carbocycles. The van der Waals surface area contributed by atoms with Crippen molar-refractivity contribution in [2.24, 2.45) is 0 Å². The van der Waals surface area contributed by atoms with Crippen molar-refractivity contribution >= 4 is 23.2 Å². The zero-order valence-electron chi connectivity index (χ0n) is 17.6. The summed E-state index contributed by atoms with van der Waals surface area (Å²) in [6, 6.07) is 7.85. The average molecular weight is 418 g/mol. The Morgan fingerprint density at radius 2 is 1.60 bits per heavy atom. The van der Waals surface area contributed by atoms with Gasteiger partial charge in [0.1, 0.15) is 11.9 Å². The molecule has 3 N–H and O–H groups in total. The number of hydrogen-bond acceptors (Lipinski definition) is 7. The lowest BCUT2D eigenvalue weighted by Crippen LogP contribution is -2.25. The smallest absolute Gasteiger partial charge is 0.255 e. The second-order valence-electron chi connectivity index (χ2n) is 6.17. The van der Waals surface area contributed by atoms with Crippen LogP contribution in [0.5, 0.6) is 23.0 Å². The van der Waals surface area contributed by atoms with Crippen LogP contribution in [0.2, 0.25) is 0 Å². The van der Waals surface area contributed by atoms with Crippen molar-refractivity contribution in [1.29, 1.82) is 0 Å². The minimum absolute atomic E-state index is 0.256.